The normalized spacial score (nSPS) is 18.8. The highest BCUT2D eigenvalue weighted by atomic mass is 32.1. The van der Waals surface area contributed by atoms with Crippen molar-refractivity contribution in [2.45, 2.75) is 25.1 Å². The fourth-order valence-corrected chi connectivity index (χ4v) is 3.25. The molecule has 0 radical (unpaired) electrons. The third-order valence-electron chi connectivity index (χ3n) is 3.80. The maximum Gasteiger partial charge on any atom is 0.237 e. The van der Waals surface area contributed by atoms with Crippen LogP contribution in [0.2, 0.25) is 0 Å². The van der Waals surface area contributed by atoms with E-state index in [0.717, 1.165) is 5.56 Å². The first-order valence-electron chi connectivity index (χ1n) is 7.02. The molecule has 1 unspecified atom stereocenters. The van der Waals surface area contributed by atoms with Gasteiger partial charge in [-0.15, -0.1) is 0 Å². The Morgan fingerprint density at radius 1 is 1.38 bits per heavy atom. The third-order valence-corrected chi connectivity index (χ3v) is 4.50. The Bertz CT molecular complexity index is 612. The molecule has 1 aliphatic heterocycles. The highest BCUT2D eigenvalue weighted by molar-refractivity contribution is 7.07. The van der Waals surface area contributed by atoms with Gasteiger partial charge < -0.3 is 15.7 Å². The molecule has 0 saturated carbocycles. The molecular formula is C16H18N2O2S. The van der Waals surface area contributed by atoms with Crippen molar-refractivity contribution in [2.75, 3.05) is 6.54 Å². The van der Waals surface area contributed by atoms with Crippen LogP contribution in [0.25, 0.3) is 0 Å². The summed E-state index contributed by atoms with van der Waals surface area (Å²) in [6.07, 6.45) is 0.0485. The van der Waals surface area contributed by atoms with Gasteiger partial charge in [-0.05, 0) is 39.9 Å². The second kappa shape index (κ2) is 6.39. The molecule has 0 bridgehead atoms. The maximum atomic E-state index is 12.2. The van der Waals surface area contributed by atoms with Gasteiger partial charge in [-0.2, -0.15) is 11.3 Å². The molecule has 3 rings (SSSR count). The lowest BCUT2D eigenvalue weighted by atomic mass is 9.95. The summed E-state index contributed by atoms with van der Waals surface area (Å²) in [5.74, 6) is -0.0567. The second-order valence-corrected chi connectivity index (χ2v) is 6.00. The Balaban J connectivity index is 1.55. The largest absolute Gasteiger partial charge is 0.387 e. The molecule has 0 saturated heterocycles. The predicted octanol–water partition coefficient (Wildman–Crippen LogP) is 1.61. The number of fused-ring (bicyclic) bond motifs is 1. The molecule has 5 heteroatoms. The number of carbonyl (C=O) groups is 1. The van der Waals surface area contributed by atoms with Crippen molar-refractivity contribution in [1.82, 2.24) is 10.6 Å². The monoisotopic (exact) mass is 302 g/mol. The number of amides is 1. The molecule has 3 N–H and O–H groups in total. The molecule has 1 aromatic heterocycles. The van der Waals surface area contributed by atoms with E-state index in [1.54, 1.807) is 0 Å². The fourth-order valence-electron chi connectivity index (χ4n) is 2.54. The lowest BCUT2D eigenvalue weighted by Gasteiger charge is -2.25. The summed E-state index contributed by atoms with van der Waals surface area (Å²) in [7, 11) is 0. The van der Waals surface area contributed by atoms with Crippen LogP contribution >= 0.6 is 11.3 Å². The SMILES string of the molecule is O=C(NCC(O)c1ccsc1)[C@@H]1Cc2ccccc2CN1. The van der Waals surface area contributed by atoms with Crippen LogP contribution in [0.5, 0.6) is 0 Å². The number of hydrogen-bond acceptors (Lipinski definition) is 4. The second-order valence-electron chi connectivity index (χ2n) is 5.22. The molecule has 110 valence electrons. The van der Waals surface area contributed by atoms with E-state index in [-0.39, 0.29) is 18.5 Å². The summed E-state index contributed by atoms with van der Waals surface area (Å²) < 4.78 is 0. The molecule has 0 aliphatic carbocycles. The van der Waals surface area contributed by atoms with Gasteiger partial charge in [-0.1, -0.05) is 24.3 Å². The van der Waals surface area contributed by atoms with Crippen LogP contribution in [0.3, 0.4) is 0 Å². The van der Waals surface area contributed by atoms with Gasteiger partial charge in [-0.25, -0.2) is 0 Å². The van der Waals surface area contributed by atoms with Gasteiger partial charge >= 0.3 is 0 Å². The van der Waals surface area contributed by atoms with Crippen molar-refractivity contribution < 1.29 is 9.90 Å². The van der Waals surface area contributed by atoms with Crippen LogP contribution in [0.4, 0.5) is 0 Å². The average molecular weight is 302 g/mol. The van der Waals surface area contributed by atoms with Crippen LogP contribution in [0.15, 0.2) is 41.1 Å². The highest BCUT2D eigenvalue weighted by Crippen LogP contribution is 2.17. The van der Waals surface area contributed by atoms with E-state index < -0.39 is 6.10 Å². The summed E-state index contributed by atoms with van der Waals surface area (Å²) >= 11 is 1.54. The van der Waals surface area contributed by atoms with Gasteiger partial charge in [0.1, 0.15) is 0 Å². The summed E-state index contributed by atoms with van der Waals surface area (Å²) in [4.78, 5) is 12.2. The van der Waals surface area contributed by atoms with E-state index >= 15 is 0 Å². The number of aliphatic hydroxyl groups excluding tert-OH is 1. The fraction of sp³-hybridized carbons (Fsp3) is 0.312. The van der Waals surface area contributed by atoms with Crippen molar-refractivity contribution in [2.24, 2.45) is 0 Å². The highest BCUT2D eigenvalue weighted by Gasteiger charge is 2.24. The summed E-state index contributed by atoms with van der Waals surface area (Å²) in [6.45, 7) is 0.955. The summed E-state index contributed by atoms with van der Waals surface area (Å²) in [6, 6.07) is 9.80. The van der Waals surface area contributed by atoms with Crippen LogP contribution in [0.1, 0.15) is 22.8 Å². The smallest absolute Gasteiger partial charge is 0.237 e. The first-order valence-corrected chi connectivity index (χ1v) is 7.96. The number of hydrogen-bond donors (Lipinski definition) is 3. The van der Waals surface area contributed by atoms with Gasteiger partial charge in [0, 0.05) is 13.1 Å². The van der Waals surface area contributed by atoms with Crippen molar-refractivity contribution in [3.8, 4) is 0 Å². The van der Waals surface area contributed by atoms with Gasteiger partial charge in [0.15, 0.2) is 0 Å². The number of rotatable bonds is 4. The number of aliphatic hydroxyl groups is 1. The van der Waals surface area contributed by atoms with E-state index in [1.807, 2.05) is 29.0 Å². The van der Waals surface area contributed by atoms with Crippen molar-refractivity contribution in [1.29, 1.82) is 0 Å². The number of thiophene rings is 1. The van der Waals surface area contributed by atoms with E-state index in [9.17, 15) is 9.90 Å². The van der Waals surface area contributed by atoms with E-state index in [4.69, 9.17) is 0 Å². The van der Waals surface area contributed by atoms with Crippen LogP contribution < -0.4 is 10.6 Å². The summed E-state index contributed by atoms with van der Waals surface area (Å²) in [5.41, 5.74) is 3.32. The van der Waals surface area contributed by atoms with Gasteiger partial charge in [0.05, 0.1) is 12.1 Å². The molecule has 1 aliphatic rings. The Hall–Kier alpha value is -1.69. The van der Waals surface area contributed by atoms with Crippen LogP contribution in [-0.4, -0.2) is 23.6 Å². The average Bonchev–Trinajstić information content (AvgIpc) is 3.06. The maximum absolute atomic E-state index is 12.2. The van der Waals surface area contributed by atoms with Crippen molar-refractivity contribution >= 4 is 17.2 Å². The minimum Gasteiger partial charge on any atom is -0.387 e. The van der Waals surface area contributed by atoms with Crippen molar-refractivity contribution in [3.05, 3.63) is 57.8 Å². The molecule has 0 fully saturated rings. The first kappa shape index (κ1) is 14.3. The van der Waals surface area contributed by atoms with Crippen molar-refractivity contribution in [3.63, 3.8) is 0 Å². The van der Waals surface area contributed by atoms with Gasteiger partial charge in [0.2, 0.25) is 5.91 Å². The summed E-state index contributed by atoms with van der Waals surface area (Å²) in [5, 5.41) is 19.9. The Morgan fingerprint density at radius 3 is 2.95 bits per heavy atom. The van der Waals surface area contributed by atoms with E-state index in [0.29, 0.717) is 13.0 Å². The molecule has 2 atom stereocenters. The minimum atomic E-state index is -0.643. The quantitative estimate of drug-likeness (QED) is 0.804. The molecule has 1 aromatic carbocycles. The zero-order chi connectivity index (χ0) is 14.7. The van der Waals surface area contributed by atoms with E-state index in [2.05, 4.69) is 22.8 Å². The van der Waals surface area contributed by atoms with Gasteiger partial charge in [0.25, 0.3) is 0 Å². The Kier molecular flexibility index (Phi) is 4.34. The lowest BCUT2D eigenvalue weighted by Crippen LogP contribution is -2.48. The Morgan fingerprint density at radius 2 is 2.19 bits per heavy atom. The number of nitrogens with one attached hydrogen (secondary N) is 2. The number of benzene rings is 1. The van der Waals surface area contributed by atoms with Gasteiger partial charge in [-0.3, -0.25) is 4.79 Å². The zero-order valence-electron chi connectivity index (χ0n) is 11.6. The third kappa shape index (κ3) is 3.32. The molecule has 2 aromatic rings. The molecule has 1 amide bonds. The lowest BCUT2D eigenvalue weighted by molar-refractivity contribution is -0.123. The van der Waals surface area contributed by atoms with Crippen LogP contribution in [-0.2, 0) is 17.8 Å². The first-order chi connectivity index (χ1) is 10.2. The Labute approximate surface area is 127 Å². The van der Waals surface area contributed by atoms with E-state index in [1.165, 1.54) is 22.5 Å². The molecular weight excluding hydrogens is 284 g/mol. The minimum absolute atomic E-state index is 0.0567. The zero-order valence-corrected chi connectivity index (χ0v) is 12.4. The van der Waals surface area contributed by atoms with Crippen LogP contribution in [0, 0.1) is 0 Å². The molecule has 4 nitrogen and oxygen atoms in total. The number of carbonyl (C=O) groups excluding carboxylic acids is 1. The standard InChI is InChI=1S/C16H18N2O2S/c19-15(13-5-6-21-10-13)9-18-16(20)14-7-11-3-1-2-4-12(11)8-17-14/h1-6,10,14-15,17,19H,7-9H2,(H,18,20)/t14-,15?/m0/s1. The molecule has 2 heterocycles. The predicted molar refractivity (Wildman–Crippen MR) is 83.1 cm³/mol. The topological polar surface area (TPSA) is 61.4 Å². The molecule has 0 spiro atoms. The molecule has 21 heavy (non-hydrogen) atoms.